The molecule has 4 N–H and O–H groups in total. The number of benzene rings is 2. The molecule has 2 amide bonds. The molecule has 0 bridgehead atoms. The summed E-state index contributed by atoms with van der Waals surface area (Å²) in [5.41, 5.74) is 7.52. The quantitative estimate of drug-likeness (QED) is 0.260. The van der Waals surface area contributed by atoms with Gasteiger partial charge in [-0.25, -0.2) is 4.68 Å². The average molecular weight is 539 g/mol. The van der Waals surface area contributed by atoms with Gasteiger partial charge in [-0.05, 0) is 36.4 Å². The summed E-state index contributed by atoms with van der Waals surface area (Å²) in [4.78, 5) is 30.3. The summed E-state index contributed by atoms with van der Waals surface area (Å²) < 4.78 is 6.75. The van der Waals surface area contributed by atoms with Crippen LogP contribution >= 0.6 is 23.2 Å². The Morgan fingerprint density at radius 2 is 1.73 bits per heavy atom. The van der Waals surface area contributed by atoms with Gasteiger partial charge in [0.15, 0.2) is 5.69 Å². The molecule has 0 saturated heterocycles. The molecule has 0 radical (unpaired) electrons. The monoisotopic (exact) mass is 538 g/mol. The molecule has 0 fully saturated rings. The van der Waals surface area contributed by atoms with Crippen molar-refractivity contribution in [2.75, 3.05) is 31.6 Å². The predicted octanol–water partition coefficient (Wildman–Crippen LogP) is 4.20. The van der Waals surface area contributed by atoms with Gasteiger partial charge in [-0.3, -0.25) is 14.6 Å². The van der Waals surface area contributed by atoms with Gasteiger partial charge in [0.05, 0.1) is 40.2 Å². The second-order valence-corrected chi connectivity index (χ2v) is 8.61. The van der Waals surface area contributed by atoms with Gasteiger partial charge in [0, 0.05) is 30.9 Å². The fraction of sp³-hybridized carbons (Fsp3) is 0.154. The number of hydrogen-bond acceptors (Lipinski definition) is 6. The molecule has 4 rings (SSSR count). The van der Waals surface area contributed by atoms with E-state index in [1.807, 2.05) is 24.3 Å². The molecule has 2 heterocycles. The maximum atomic E-state index is 13.3. The van der Waals surface area contributed by atoms with E-state index in [2.05, 4.69) is 20.7 Å². The van der Waals surface area contributed by atoms with Gasteiger partial charge in [0.25, 0.3) is 11.8 Å². The summed E-state index contributed by atoms with van der Waals surface area (Å²) in [6, 6.07) is 19.1. The minimum atomic E-state index is -0.502. The Labute approximate surface area is 223 Å². The number of rotatable bonds is 10. The fourth-order valence-corrected chi connectivity index (χ4v) is 4.05. The van der Waals surface area contributed by atoms with Gasteiger partial charge in [0.2, 0.25) is 0 Å². The van der Waals surface area contributed by atoms with Gasteiger partial charge < -0.3 is 21.1 Å². The smallest absolute Gasteiger partial charge is 0.271 e. The van der Waals surface area contributed by atoms with Crippen molar-refractivity contribution >= 4 is 40.8 Å². The molecule has 2 aromatic heterocycles. The maximum absolute atomic E-state index is 13.3. The van der Waals surface area contributed by atoms with E-state index in [1.54, 1.807) is 36.5 Å². The summed E-state index contributed by atoms with van der Waals surface area (Å²) in [7, 11) is 0. The van der Waals surface area contributed by atoms with Crippen LogP contribution in [0, 0.1) is 0 Å². The lowest BCUT2D eigenvalue weighted by molar-refractivity contribution is 0.0914. The van der Waals surface area contributed by atoms with E-state index in [-0.39, 0.29) is 28.6 Å². The first-order valence-electron chi connectivity index (χ1n) is 11.4. The normalized spacial score (nSPS) is 10.8. The first kappa shape index (κ1) is 26.3. The highest BCUT2D eigenvalue weighted by Crippen LogP contribution is 2.32. The Bertz CT molecular complexity index is 1380. The highest BCUT2D eigenvalue weighted by molar-refractivity contribution is 6.38. The van der Waals surface area contributed by atoms with Crippen molar-refractivity contribution in [1.82, 2.24) is 20.1 Å². The molecule has 37 heavy (non-hydrogen) atoms. The standard InChI is InChI=1S/C26H24Cl2N6O3/c27-20-15-21(28)19(14-18(20)22-8-4-5-10-30-22)25(35)32-24-16-23(26(36)31-11-13-37-12-9-29)33-34(24)17-6-2-1-3-7-17/h1-8,10,14-16H,9,11-13,29H2,(H,31,36)(H,32,35). The third kappa shape index (κ3) is 6.52. The number of aromatic nitrogens is 3. The lowest BCUT2D eigenvalue weighted by Crippen LogP contribution is -2.28. The topological polar surface area (TPSA) is 124 Å². The number of carbonyl (C=O) groups excluding carboxylic acids is 2. The van der Waals surface area contributed by atoms with Crippen molar-refractivity contribution in [1.29, 1.82) is 0 Å². The van der Waals surface area contributed by atoms with E-state index in [0.29, 0.717) is 41.7 Å². The average Bonchev–Trinajstić information content (AvgIpc) is 3.33. The molecule has 0 atom stereocenters. The molecule has 2 aromatic carbocycles. The minimum Gasteiger partial charge on any atom is -0.378 e. The van der Waals surface area contributed by atoms with Crippen LogP contribution in [0.3, 0.4) is 0 Å². The molecule has 0 saturated carbocycles. The van der Waals surface area contributed by atoms with Crippen LogP contribution < -0.4 is 16.4 Å². The Hall–Kier alpha value is -3.76. The second-order valence-electron chi connectivity index (χ2n) is 7.80. The maximum Gasteiger partial charge on any atom is 0.271 e. The number of ether oxygens (including phenoxy) is 1. The van der Waals surface area contributed by atoms with Crippen LogP contribution in [0.4, 0.5) is 5.82 Å². The largest absolute Gasteiger partial charge is 0.378 e. The number of hydrogen-bond donors (Lipinski definition) is 3. The molecule has 190 valence electrons. The zero-order valence-electron chi connectivity index (χ0n) is 19.7. The number of amides is 2. The summed E-state index contributed by atoms with van der Waals surface area (Å²) in [6.07, 6.45) is 1.63. The zero-order chi connectivity index (χ0) is 26.2. The van der Waals surface area contributed by atoms with Gasteiger partial charge in [-0.15, -0.1) is 0 Å². The summed E-state index contributed by atoms with van der Waals surface area (Å²) in [5.74, 6) is -0.632. The molecule has 0 spiro atoms. The zero-order valence-corrected chi connectivity index (χ0v) is 21.2. The van der Waals surface area contributed by atoms with E-state index in [9.17, 15) is 9.59 Å². The molecular weight excluding hydrogens is 515 g/mol. The van der Waals surface area contributed by atoms with E-state index < -0.39 is 11.8 Å². The Morgan fingerprint density at radius 3 is 2.46 bits per heavy atom. The molecule has 0 unspecified atom stereocenters. The number of pyridine rings is 1. The second kappa shape index (κ2) is 12.5. The van der Waals surface area contributed by atoms with Crippen LogP contribution in [-0.4, -0.2) is 52.9 Å². The van der Waals surface area contributed by atoms with Crippen molar-refractivity contribution in [3.05, 3.63) is 94.2 Å². The van der Waals surface area contributed by atoms with Crippen molar-refractivity contribution in [3.8, 4) is 16.9 Å². The van der Waals surface area contributed by atoms with Crippen LogP contribution in [-0.2, 0) is 4.74 Å². The Kier molecular flexibility index (Phi) is 8.86. The predicted molar refractivity (Wildman–Crippen MR) is 143 cm³/mol. The van der Waals surface area contributed by atoms with E-state index in [4.69, 9.17) is 33.7 Å². The molecule has 4 aromatic rings. The lowest BCUT2D eigenvalue weighted by atomic mass is 10.1. The van der Waals surface area contributed by atoms with Crippen LogP contribution in [0.2, 0.25) is 10.0 Å². The number of nitrogens with one attached hydrogen (secondary N) is 2. The van der Waals surface area contributed by atoms with Crippen molar-refractivity contribution in [3.63, 3.8) is 0 Å². The summed E-state index contributed by atoms with van der Waals surface area (Å²) in [6.45, 7) is 1.42. The van der Waals surface area contributed by atoms with Gasteiger partial charge in [-0.2, -0.15) is 5.10 Å². The van der Waals surface area contributed by atoms with Gasteiger partial charge >= 0.3 is 0 Å². The van der Waals surface area contributed by atoms with E-state index >= 15 is 0 Å². The third-order valence-corrected chi connectivity index (χ3v) is 5.85. The number of carbonyl (C=O) groups is 2. The van der Waals surface area contributed by atoms with Crippen molar-refractivity contribution in [2.24, 2.45) is 5.73 Å². The first-order valence-corrected chi connectivity index (χ1v) is 12.2. The highest BCUT2D eigenvalue weighted by Gasteiger charge is 2.20. The number of para-hydroxylation sites is 1. The molecule has 11 heteroatoms. The van der Waals surface area contributed by atoms with E-state index in [0.717, 1.165) is 0 Å². The Morgan fingerprint density at radius 1 is 0.946 bits per heavy atom. The number of anilines is 1. The number of nitrogens with two attached hydrogens (primary N) is 1. The highest BCUT2D eigenvalue weighted by atomic mass is 35.5. The van der Waals surface area contributed by atoms with Crippen molar-refractivity contribution < 1.29 is 14.3 Å². The van der Waals surface area contributed by atoms with Crippen LogP contribution in [0.1, 0.15) is 20.8 Å². The third-order valence-electron chi connectivity index (χ3n) is 5.22. The molecule has 9 nitrogen and oxygen atoms in total. The van der Waals surface area contributed by atoms with E-state index in [1.165, 1.54) is 16.8 Å². The van der Waals surface area contributed by atoms with Crippen LogP contribution in [0.25, 0.3) is 16.9 Å². The van der Waals surface area contributed by atoms with Crippen LogP contribution in [0.5, 0.6) is 0 Å². The molecule has 0 aliphatic heterocycles. The fourth-order valence-electron chi connectivity index (χ4n) is 3.48. The summed E-state index contributed by atoms with van der Waals surface area (Å²) in [5, 5.41) is 10.5. The SMILES string of the molecule is NCCOCCNC(=O)c1cc(NC(=O)c2cc(-c3ccccn3)c(Cl)cc2Cl)n(-c2ccccc2)n1. The Balaban J connectivity index is 1.61. The minimum absolute atomic E-state index is 0.120. The molecular formula is C26H24Cl2N6O3. The lowest BCUT2D eigenvalue weighted by Gasteiger charge is -2.12. The van der Waals surface area contributed by atoms with Gasteiger partial charge in [0.1, 0.15) is 5.82 Å². The number of nitrogens with zero attached hydrogens (tertiary/aromatic N) is 3. The summed E-state index contributed by atoms with van der Waals surface area (Å²) >= 11 is 12.8. The molecule has 0 aliphatic rings. The van der Waals surface area contributed by atoms with Gasteiger partial charge in [-0.1, -0.05) is 47.5 Å². The van der Waals surface area contributed by atoms with Crippen LogP contribution in [0.15, 0.2) is 72.9 Å². The first-order chi connectivity index (χ1) is 18.0. The number of halogens is 2. The van der Waals surface area contributed by atoms with Crippen molar-refractivity contribution in [2.45, 2.75) is 0 Å². The molecule has 0 aliphatic carbocycles.